The minimum Gasteiger partial charge on any atom is -0.481 e. The van der Waals surface area contributed by atoms with Crippen molar-refractivity contribution in [3.05, 3.63) is 39.1 Å². The monoisotopic (exact) mass is 325 g/mol. The predicted molar refractivity (Wildman–Crippen MR) is 75.9 cm³/mol. The Labute approximate surface area is 118 Å². The highest BCUT2D eigenvalue weighted by Crippen LogP contribution is 2.31. The number of thiazole rings is 1. The van der Waals surface area contributed by atoms with Crippen LogP contribution in [0.5, 0.6) is 0 Å². The molecule has 1 unspecified atom stereocenters. The van der Waals surface area contributed by atoms with Crippen molar-refractivity contribution in [1.29, 1.82) is 0 Å². The largest absolute Gasteiger partial charge is 0.481 e. The summed E-state index contributed by atoms with van der Waals surface area (Å²) in [5, 5.41) is 11.6. The molecule has 5 heteroatoms. The first kappa shape index (κ1) is 13.2. The Kier molecular flexibility index (Phi) is 4.14. The molecule has 1 aromatic heterocycles. The summed E-state index contributed by atoms with van der Waals surface area (Å²) in [6.45, 7) is 1.89. The zero-order valence-electron chi connectivity index (χ0n) is 9.76. The first-order valence-electron chi connectivity index (χ1n) is 5.50. The quantitative estimate of drug-likeness (QED) is 0.918. The van der Waals surface area contributed by atoms with Crippen molar-refractivity contribution in [3.63, 3.8) is 0 Å². The molecule has 1 heterocycles. The highest BCUT2D eigenvalue weighted by atomic mass is 79.9. The number of halogens is 1. The van der Waals surface area contributed by atoms with Crippen molar-refractivity contribution in [2.24, 2.45) is 0 Å². The van der Waals surface area contributed by atoms with E-state index in [0.29, 0.717) is 0 Å². The van der Waals surface area contributed by atoms with Gasteiger partial charge >= 0.3 is 5.97 Å². The van der Waals surface area contributed by atoms with Gasteiger partial charge in [0.15, 0.2) is 0 Å². The van der Waals surface area contributed by atoms with Gasteiger partial charge in [-0.2, -0.15) is 0 Å². The van der Waals surface area contributed by atoms with E-state index in [-0.39, 0.29) is 12.3 Å². The molecule has 0 saturated heterocycles. The normalized spacial score (nSPS) is 12.3. The van der Waals surface area contributed by atoms with Gasteiger partial charge in [-0.15, -0.1) is 11.3 Å². The Bertz CT molecular complexity index is 568. The molecule has 0 amide bonds. The Hall–Kier alpha value is -1.20. The van der Waals surface area contributed by atoms with Gasteiger partial charge in [0.25, 0.3) is 0 Å². The van der Waals surface area contributed by atoms with Gasteiger partial charge in [-0.05, 0) is 6.07 Å². The highest BCUT2D eigenvalue weighted by Gasteiger charge is 2.15. The molecule has 0 aliphatic heterocycles. The van der Waals surface area contributed by atoms with Gasteiger partial charge in [0.2, 0.25) is 0 Å². The zero-order chi connectivity index (χ0) is 13.1. The first-order chi connectivity index (χ1) is 8.58. The number of rotatable bonds is 4. The standard InChI is InChI=1S/C13H12BrNO2S/c1-8(6-12(16)17)13-15-11(7-18-13)9-4-2-3-5-10(9)14/h2-5,7-8H,6H2,1H3,(H,16,17). The number of aromatic nitrogens is 1. The Morgan fingerprint density at radius 1 is 1.50 bits per heavy atom. The Morgan fingerprint density at radius 3 is 2.89 bits per heavy atom. The number of nitrogens with zero attached hydrogens (tertiary/aromatic N) is 1. The van der Waals surface area contributed by atoms with Gasteiger partial charge in [-0.25, -0.2) is 4.98 Å². The third kappa shape index (κ3) is 2.97. The molecule has 0 fully saturated rings. The number of aliphatic carboxylic acids is 1. The SMILES string of the molecule is CC(CC(=O)O)c1nc(-c2ccccc2Br)cs1. The molecule has 0 spiro atoms. The van der Waals surface area contributed by atoms with Crippen LogP contribution in [0.15, 0.2) is 34.1 Å². The van der Waals surface area contributed by atoms with E-state index in [9.17, 15) is 4.79 Å². The summed E-state index contributed by atoms with van der Waals surface area (Å²) >= 11 is 5.00. The topological polar surface area (TPSA) is 50.2 Å². The zero-order valence-corrected chi connectivity index (χ0v) is 12.2. The molecule has 1 aromatic carbocycles. The average molecular weight is 326 g/mol. The average Bonchev–Trinajstić information content (AvgIpc) is 2.78. The van der Waals surface area contributed by atoms with E-state index >= 15 is 0 Å². The fraction of sp³-hybridized carbons (Fsp3) is 0.231. The highest BCUT2D eigenvalue weighted by molar-refractivity contribution is 9.10. The molecule has 0 aliphatic carbocycles. The number of hydrogen-bond donors (Lipinski definition) is 1. The van der Waals surface area contributed by atoms with Crippen LogP contribution in [0, 0.1) is 0 Å². The molecule has 1 N–H and O–H groups in total. The molecule has 94 valence electrons. The van der Waals surface area contributed by atoms with Crippen molar-refractivity contribution >= 4 is 33.2 Å². The van der Waals surface area contributed by atoms with Gasteiger partial charge in [0, 0.05) is 21.3 Å². The number of carboxylic acids is 1. The van der Waals surface area contributed by atoms with Crippen LogP contribution in [-0.2, 0) is 4.79 Å². The van der Waals surface area contributed by atoms with Crippen molar-refractivity contribution < 1.29 is 9.90 Å². The molecule has 2 aromatic rings. The van der Waals surface area contributed by atoms with Crippen LogP contribution in [0.3, 0.4) is 0 Å². The maximum absolute atomic E-state index is 10.7. The van der Waals surface area contributed by atoms with Crippen molar-refractivity contribution in [2.75, 3.05) is 0 Å². The molecule has 0 saturated carbocycles. The van der Waals surface area contributed by atoms with E-state index in [1.807, 2.05) is 36.6 Å². The minimum absolute atomic E-state index is 0.0521. The third-order valence-corrected chi connectivity index (χ3v) is 4.34. The van der Waals surface area contributed by atoms with E-state index in [4.69, 9.17) is 5.11 Å². The number of carbonyl (C=O) groups is 1. The molecule has 0 radical (unpaired) electrons. The second kappa shape index (κ2) is 5.63. The van der Waals surface area contributed by atoms with Crippen LogP contribution in [0.1, 0.15) is 24.3 Å². The molecule has 0 aliphatic rings. The van der Waals surface area contributed by atoms with Crippen molar-refractivity contribution in [3.8, 4) is 11.3 Å². The fourth-order valence-corrected chi connectivity index (χ4v) is 3.02. The number of carboxylic acid groups (broad SMARTS) is 1. The number of benzene rings is 1. The van der Waals surface area contributed by atoms with Gasteiger partial charge in [-0.3, -0.25) is 4.79 Å². The van der Waals surface area contributed by atoms with Crippen molar-refractivity contribution in [2.45, 2.75) is 19.3 Å². The lowest BCUT2D eigenvalue weighted by Gasteiger charge is -2.03. The second-order valence-corrected chi connectivity index (χ2v) is 5.79. The fourth-order valence-electron chi connectivity index (χ4n) is 1.66. The van der Waals surface area contributed by atoms with E-state index in [1.165, 1.54) is 11.3 Å². The van der Waals surface area contributed by atoms with E-state index in [0.717, 1.165) is 20.7 Å². The van der Waals surface area contributed by atoms with Gasteiger partial charge in [0.05, 0.1) is 17.1 Å². The van der Waals surface area contributed by atoms with Crippen LogP contribution in [-0.4, -0.2) is 16.1 Å². The summed E-state index contributed by atoms with van der Waals surface area (Å²) in [7, 11) is 0. The molecule has 2 rings (SSSR count). The Balaban J connectivity index is 2.26. The summed E-state index contributed by atoms with van der Waals surface area (Å²) in [6, 6.07) is 7.87. The molecule has 1 atom stereocenters. The lowest BCUT2D eigenvalue weighted by molar-refractivity contribution is -0.137. The van der Waals surface area contributed by atoms with E-state index in [1.54, 1.807) is 0 Å². The van der Waals surface area contributed by atoms with Crippen LogP contribution in [0.4, 0.5) is 0 Å². The van der Waals surface area contributed by atoms with E-state index in [2.05, 4.69) is 20.9 Å². The molecule has 18 heavy (non-hydrogen) atoms. The molecule has 0 bridgehead atoms. The van der Waals surface area contributed by atoms with Crippen LogP contribution in [0.2, 0.25) is 0 Å². The summed E-state index contributed by atoms with van der Waals surface area (Å²) in [5.74, 6) is -0.844. The van der Waals surface area contributed by atoms with Crippen molar-refractivity contribution in [1.82, 2.24) is 4.98 Å². The third-order valence-electron chi connectivity index (χ3n) is 2.57. The maximum Gasteiger partial charge on any atom is 0.304 e. The summed E-state index contributed by atoms with van der Waals surface area (Å²) in [5.41, 5.74) is 1.92. The summed E-state index contributed by atoms with van der Waals surface area (Å²) < 4.78 is 0.993. The molecular formula is C13H12BrNO2S. The van der Waals surface area contributed by atoms with Gasteiger partial charge in [0.1, 0.15) is 0 Å². The molecular weight excluding hydrogens is 314 g/mol. The molecule has 3 nitrogen and oxygen atoms in total. The lowest BCUT2D eigenvalue weighted by Crippen LogP contribution is -2.02. The lowest BCUT2D eigenvalue weighted by atomic mass is 10.1. The van der Waals surface area contributed by atoms with Crippen LogP contribution >= 0.6 is 27.3 Å². The predicted octanol–water partition coefficient (Wildman–Crippen LogP) is 4.15. The Morgan fingerprint density at radius 2 is 2.22 bits per heavy atom. The van der Waals surface area contributed by atoms with Crippen LogP contribution in [0.25, 0.3) is 11.3 Å². The smallest absolute Gasteiger partial charge is 0.304 e. The second-order valence-electron chi connectivity index (χ2n) is 4.05. The minimum atomic E-state index is -0.792. The van der Waals surface area contributed by atoms with E-state index < -0.39 is 5.97 Å². The number of hydrogen-bond acceptors (Lipinski definition) is 3. The first-order valence-corrected chi connectivity index (χ1v) is 7.17. The van der Waals surface area contributed by atoms with Gasteiger partial charge in [-0.1, -0.05) is 41.1 Å². The summed E-state index contributed by atoms with van der Waals surface area (Å²) in [6.07, 6.45) is 0.114. The maximum atomic E-state index is 10.7. The van der Waals surface area contributed by atoms with Crippen LogP contribution < -0.4 is 0 Å². The summed E-state index contributed by atoms with van der Waals surface area (Å²) in [4.78, 5) is 15.2. The van der Waals surface area contributed by atoms with Gasteiger partial charge < -0.3 is 5.11 Å².